The normalized spacial score (nSPS) is 20.4. The van der Waals surface area contributed by atoms with Crippen molar-refractivity contribution in [3.8, 4) is 6.07 Å². The highest BCUT2D eigenvalue weighted by atomic mass is 32.2. The van der Waals surface area contributed by atoms with Gasteiger partial charge in [0.15, 0.2) is 5.78 Å². The minimum atomic E-state index is -4.64. The van der Waals surface area contributed by atoms with Crippen LogP contribution in [-0.2, 0) is 11.0 Å². The molecule has 0 aromatic heterocycles. The van der Waals surface area contributed by atoms with Gasteiger partial charge in [-0.25, -0.2) is 14.5 Å². The van der Waals surface area contributed by atoms with Crippen molar-refractivity contribution >= 4 is 35.3 Å². The number of rotatable bonds is 3. The standard InChI is InChI=1S/C27H23F3N4O3S/c28-27(29,30)18-2-1-3-20(14-18)33-21-8-9-22(35)23(21)24(17-6-4-16(15-31)5-7-17)34(26(33)37)25(36)32-19-10-12-38-13-11-19/h1-7,14,19,24H,8-13H2,(H,32,36). The third-order valence-electron chi connectivity index (χ3n) is 6.95. The van der Waals surface area contributed by atoms with Crippen molar-refractivity contribution < 1.29 is 27.6 Å². The number of nitriles is 1. The fourth-order valence-electron chi connectivity index (χ4n) is 5.10. The van der Waals surface area contributed by atoms with E-state index >= 15 is 0 Å². The molecule has 4 amide bonds. The molecule has 11 heteroatoms. The Morgan fingerprint density at radius 1 is 1.05 bits per heavy atom. The predicted molar refractivity (Wildman–Crippen MR) is 135 cm³/mol. The Bertz CT molecular complexity index is 1360. The summed E-state index contributed by atoms with van der Waals surface area (Å²) >= 11 is 1.77. The van der Waals surface area contributed by atoms with Gasteiger partial charge in [0, 0.05) is 23.7 Å². The van der Waals surface area contributed by atoms with E-state index in [1.54, 1.807) is 23.9 Å². The molecule has 2 aromatic rings. The zero-order valence-corrected chi connectivity index (χ0v) is 20.9. The Morgan fingerprint density at radius 3 is 2.42 bits per heavy atom. The number of amides is 4. The van der Waals surface area contributed by atoms with Gasteiger partial charge in [-0.15, -0.1) is 0 Å². The van der Waals surface area contributed by atoms with E-state index in [-0.39, 0.29) is 41.6 Å². The van der Waals surface area contributed by atoms with E-state index in [1.165, 1.54) is 24.3 Å². The third-order valence-corrected chi connectivity index (χ3v) is 8.00. The van der Waals surface area contributed by atoms with E-state index in [0.717, 1.165) is 33.4 Å². The van der Waals surface area contributed by atoms with Crippen LogP contribution in [0, 0.1) is 11.3 Å². The summed E-state index contributed by atoms with van der Waals surface area (Å²) in [5.74, 6) is 1.41. The molecule has 1 atom stereocenters. The first-order valence-electron chi connectivity index (χ1n) is 12.1. The minimum absolute atomic E-state index is 0.0650. The number of hydrogen-bond donors (Lipinski definition) is 1. The number of urea groups is 2. The van der Waals surface area contributed by atoms with Crippen molar-refractivity contribution in [2.24, 2.45) is 0 Å². The van der Waals surface area contributed by atoms with Gasteiger partial charge in [-0.3, -0.25) is 9.69 Å². The molecule has 2 aliphatic heterocycles. The number of alkyl halides is 3. The molecule has 2 heterocycles. The smallest absolute Gasteiger partial charge is 0.335 e. The largest absolute Gasteiger partial charge is 0.416 e. The molecule has 1 N–H and O–H groups in total. The van der Waals surface area contributed by atoms with Gasteiger partial charge >= 0.3 is 18.2 Å². The summed E-state index contributed by atoms with van der Waals surface area (Å²) in [7, 11) is 0. The van der Waals surface area contributed by atoms with E-state index in [9.17, 15) is 32.8 Å². The summed E-state index contributed by atoms with van der Waals surface area (Å²) < 4.78 is 40.5. The van der Waals surface area contributed by atoms with Crippen LogP contribution in [0.5, 0.6) is 0 Å². The summed E-state index contributed by atoms with van der Waals surface area (Å²) in [4.78, 5) is 42.9. The number of carbonyl (C=O) groups excluding carboxylic acids is 3. The zero-order valence-electron chi connectivity index (χ0n) is 20.1. The lowest BCUT2D eigenvalue weighted by atomic mass is 9.92. The highest BCUT2D eigenvalue weighted by molar-refractivity contribution is 7.99. The second kappa shape index (κ2) is 10.2. The lowest BCUT2D eigenvalue weighted by molar-refractivity contribution is -0.137. The molecule has 2 aromatic carbocycles. The number of imide groups is 1. The van der Waals surface area contributed by atoms with Crippen LogP contribution in [0.3, 0.4) is 0 Å². The molecule has 1 unspecified atom stereocenters. The van der Waals surface area contributed by atoms with Gasteiger partial charge in [0.1, 0.15) is 0 Å². The number of halogens is 3. The van der Waals surface area contributed by atoms with Crippen LogP contribution in [0.2, 0.25) is 0 Å². The zero-order chi connectivity index (χ0) is 27.0. The van der Waals surface area contributed by atoms with Crippen LogP contribution < -0.4 is 10.2 Å². The second-order valence-electron chi connectivity index (χ2n) is 9.29. The molecule has 0 spiro atoms. The number of Topliss-reactive ketones (excluding diaryl/α,β-unsaturated/α-hetero) is 1. The summed E-state index contributed by atoms with van der Waals surface area (Å²) in [5, 5.41) is 12.1. The molecular weight excluding hydrogens is 517 g/mol. The van der Waals surface area contributed by atoms with Gasteiger partial charge in [-0.05, 0) is 66.7 Å². The molecule has 38 heavy (non-hydrogen) atoms. The van der Waals surface area contributed by atoms with Gasteiger partial charge < -0.3 is 5.32 Å². The quantitative estimate of drug-likeness (QED) is 0.533. The number of allylic oxidation sites excluding steroid dienone is 1. The first kappa shape index (κ1) is 25.9. The van der Waals surface area contributed by atoms with Crippen LogP contribution in [-0.4, -0.2) is 40.3 Å². The summed E-state index contributed by atoms with van der Waals surface area (Å²) in [6.07, 6.45) is -3.00. The Balaban J connectivity index is 1.64. The first-order valence-corrected chi connectivity index (χ1v) is 13.3. The fourth-order valence-corrected chi connectivity index (χ4v) is 6.21. The summed E-state index contributed by atoms with van der Waals surface area (Å²) in [5.41, 5.74) is 0.284. The topological polar surface area (TPSA) is 93.5 Å². The molecule has 1 saturated heterocycles. The Kier molecular flexibility index (Phi) is 6.92. The van der Waals surface area contributed by atoms with Gasteiger partial charge in [-0.2, -0.15) is 30.2 Å². The minimum Gasteiger partial charge on any atom is -0.335 e. The van der Waals surface area contributed by atoms with Crippen molar-refractivity contribution in [3.05, 3.63) is 76.5 Å². The number of anilines is 1. The maximum atomic E-state index is 14.0. The van der Waals surface area contributed by atoms with Gasteiger partial charge in [0.25, 0.3) is 0 Å². The lowest BCUT2D eigenvalue weighted by Crippen LogP contribution is -2.57. The monoisotopic (exact) mass is 540 g/mol. The Labute approximate surface area is 221 Å². The molecule has 0 radical (unpaired) electrons. The van der Waals surface area contributed by atoms with E-state index < -0.39 is 29.8 Å². The number of ketones is 1. The first-order chi connectivity index (χ1) is 18.2. The highest BCUT2D eigenvalue weighted by Gasteiger charge is 2.49. The van der Waals surface area contributed by atoms with Crippen LogP contribution in [0.25, 0.3) is 0 Å². The molecular formula is C27H23F3N4O3S. The van der Waals surface area contributed by atoms with Crippen molar-refractivity contribution in [2.45, 2.75) is 43.9 Å². The van der Waals surface area contributed by atoms with Crippen molar-refractivity contribution in [2.75, 3.05) is 16.4 Å². The number of benzene rings is 2. The molecule has 0 bridgehead atoms. The molecule has 5 rings (SSSR count). The Hall–Kier alpha value is -3.78. The number of carbonyl (C=O) groups is 3. The highest BCUT2D eigenvalue weighted by Crippen LogP contribution is 2.45. The van der Waals surface area contributed by atoms with Gasteiger partial charge in [0.05, 0.1) is 28.9 Å². The summed E-state index contributed by atoms with van der Waals surface area (Å²) in [6, 6.07) is 9.76. The van der Waals surface area contributed by atoms with Crippen LogP contribution in [0.4, 0.5) is 28.4 Å². The van der Waals surface area contributed by atoms with E-state index in [1.807, 2.05) is 6.07 Å². The van der Waals surface area contributed by atoms with Crippen molar-refractivity contribution in [3.63, 3.8) is 0 Å². The predicted octanol–water partition coefficient (Wildman–Crippen LogP) is 5.78. The lowest BCUT2D eigenvalue weighted by Gasteiger charge is -2.41. The van der Waals surface area contributed by atoms with Gasteiger partial charge in [0.2, 0.25) is 0 Å². The number of nitrogens with zero attached hydrogens (tertiary/aromatic N) is 3. The van der Waals surface area contributed by atoms with Crippen LogP contribution in [0.15, 0.2) is 59.8 Å². The average molecular weight is 541 g/mol. The second-order valence-corrected chi connectivity index (χ2v) is 10.5. The fraction of sp³-hybridized carbons (Fsp3) is 0.333. The molecule has 196 valence electrons. The molecule has 0 saturated carbocycles. The van der Waals surface area contributed by atoms with E-state index in [4.69, 9.17) is 0 Å². The van der Waals surface area contributed by atoms with Crippen LogP contribution in [0.1, 0.15) is 48.4 Å². The molecule has 3 aliphatic rings. The van der Waals surface area contributed by atoms with Crippen LogP contribution >= 0.6 is 11.8 Å². The maximum absolute atomic E-state index is 14.0. The summed E-state index contributed by atoms with van der Waals surface area (Å²) in [6.45, 7) is 0. The van der Waals surface area contributed by atoms with Crippen molar-refractivity contribution in [1.29, 1.82) is 5.26 Å². The molecule has 1 fully saturated rings. The number of thioether (sulfide) groups is 1. The maximum Gasteiger partial charge on any atom is 0.416 e. The number of nitrogens with one attached hydrogen (secondary N) is 1. The van der Waals surface area contributed by atoms with E-state index in [2.05, 4.69) is 5.32 Å². The van der Waals surface area contributed by atoms with E-state index in [0.29, 0.717) is 24.0 Å². The average Bonchev–Trinajstić information content (AvgIpc) is 3.28. The van der Waals surface area contributed by atoms with Crippen molar-refractivity contribution in [1.82, 2.24) is 10.2 Å². The van der Waals surface area contributed by atoms with Gasteiger partial charge in [-0.1, -0.05) is 18.2 Å². The molecule has 7 nitrogen and oxygen atoms in total. The third kappa shape index (κ3) is 4.76. The Morgan fingerprint density at radius 2 is 1.76 bits per heavy atom. The number of hydrogen-bond acceptors (Lipinski definition) is 5. The molecule has 1 aliphatic carbocycles. The SMILES string of the molecule is N#Cc1ccc(C2C3=C(CCC3=O)N(c3cccc(C(F)(F)F)c3)C(=O)N2C(=O)NC2CCSCC2)cc1.